The van der Waals surface area contributed by atoms with E-state index in [4.69, 9.17) is 0 Å². The zero-order chi connectivity index (χ0) is 9.68. The molecule has 13 heavy (non-hydrogen) atoms. The third-order valence-corrected chi connectivity index (χ3v) is 2.13. The summed E-state index contributed by atoms with van der Waals surface area (Å²) in [7, 11) is 0. The maximum absolute atomic E-state index is 11.3. The van der Waals surface area contributed by atoms with E-state index in [-0.39, 0.29) is 12.4 Å². The van der Waals surface area contributed by atoms with Crippen molar-refractivity contribution in [1.82, 2.24) is 0 Å². The van der Waals surface area contributed by atoms with Crippen LogP contribution in [0.25, 0.3) is 0 Å². The molecule has 0 aliphatic rings. The van der Waals surface area contributed by atoms with E-state index in [9.17, 15) is 9.59 Å². The molecule has 0 spiro atoms. The number of ether oxygens (including phenoxy) is 1. The number of hydrogen-bond acceptors (Lipinski definition) is 3. The fourth-order valence-electron chi connectivity index (χ4n) is 0.860. The molecule has 0 saturated carbocycles. The molecule has 0 amide bonds. The molecule has 0 bridgehead atoms. The Morgan fingerprint density at radius 1 is 1.46 bits per heavy atom. The smallest absolute Gasteiger partial charge is 0.417 e. The van der Waals surface area contributed by atoms with Gasteiger partial charge in [-0.2, -0.15) is 0 Å². The van der Waals surface area contributed by atoms with Crippen molar-refractivity contribution < 1.29 is 14.3 Å². The van der Waals surface area contributed by atoms with Gasteiger partial charge in [0.25, 0.3) is 0 Å². The summed E-state index contributed by atoms with van der Waals surface area (Å²) < 4.78 is 4.92. The predicted octanol–water partition coefficient (Wildman–Crippen LogP) is 1.72. The summed E-state index contributed by atoms with van der Waals surface area (Å²) in [5, 5.41) is 0. The van der Waals surface area contributed by atoms with Crippen molar-refractivity contribution in [2.45, 2.75) is 0 Å². The Balaban J connectivity index is 2.76. The minimum absolute atomic E-state index is 0.254. The summed E-state index contributed by atoms with van der Waals surface area (Å²) in [6.07, 6.45) is 0. The van der Waals surface area contributed by atoms with Gasteiger partial charge in [-0.15, -0.1) is 0 Å². The Kier molecular flexibility index (Phi) is 3.64. The third-order valence-electron chi connectivity index (χ3n) is 1.44. The van der Waals surface area contributed by atoms with E-state index < -0.39 is 0 Å². The van der Waals surface area contributed by atoms with Gasteiger partial charge in [-0.05, 0) is 6.07 Å². The van der Waals surface area contributed by atoms with E-state index in [1.807, 2.05) is 0 Å². The number of hydrogen-bond donors (Lipinski definition) is 0. The van der Waals surface area contributed by atoms with Crippen LogP contribution in [-0.4, -0.2) is 18.9 Å². The lowest BCUT2D eigenvalue weighted by atomic mass is 10.1. The van der Waals surface area contributed by atoms with Gasteiger partial charge in [0.2, 0.25) is 5.78 Å². The summed E-state index contributed by atoms with van der Waals surface area (Å²) in [5.74, 6) is -0.254. The van der Waals surface area contributed by atoms with E-state index in [1.54, 1.807) is 24.3 Å². The molecule has 0 unspecified atom stereocenters. The highest BCUT2D eigenvalue weighted by molar-refractivity contribution is 9.10. The fraction of sp³-hybridized carbons (Fsp3) is 0.111. The molecule has 0 saturated heterocycles. The average Bonchev–Trinajstić information content (AvgIpc) is 2.15. The third kappa shape index (κ3) is 2.66. The van der Waals surface area contributed by atoms with Crippen molar-refractivity contribution in [3.05, 3.63) is 34.3 Å². The van der Waals surface area contributed by atoms with Crippen LogP contribution in [0.2, 0.25) is 0 Å². The number of rotatable bonds is 4. The highest BCUT2D eigenvalue weighted by Crippen LogP contribution is 2.16. The molecule has 0 aromatic heterocycles. The molecule has 0 fully saturated rings. The summed E-state index contributed by atoms with van der Waals surface area (Å²) >= 11 is 3.21. The Morgan fingerprint density at radius 2 is 2.15 bits per heavy atom. The first-order chi connectivity index (χ1) is 6.25. The van der Waals surface area contributed by atoms with E-state index >= 15 is 0 Å². The van der Waals surface area contributed by atoms with Crippen LogP contribution in [0.5, 0.6) is 0 Å². The Labute approximate surface area is 83.8 Å². The second-order valence-electron chi connectivity index (χ2n) is 2.28. The first kappa shape index (κ1) is 9.92. The molecular weight excluding hydrogens is 236 g/mol. The second-order valence-corrected chi connectivity index (χ2v) is 3.13. The van der Waals surface area contributed by atoms with Crippen molar-refractivity contribution in [1.29, 1.82) is 0 Å². The molecule has 1 aromatic rings. The van der Waals surface area contributed by atoms with Gasteiger partial charge in [-0.1, -0.05) is 34.1 Å². The zero-order valence-corrected chi connectivity index (χ0v) is 8.21. The Bertz CT molecular complexity index is 322. The molecule has 0 atom stereocenters. The van der Waals surface area contributed by atoms with E-state index in [0.717, 1.165) is 0 Å². The highest BCUT2D eigenvalue weighted by Gasteiger charge is 2.08. The quantitative estimate of drug-likeness (QED) is 0.755. The van der Waals surface area contributed by atoms with Crippen molar-refractivity contribution in [3.8, 4) is 0 Å². The number of ketones is 1. The van der Waals surface area contributed by atoms with Crippen LogP contribution < -0.4 is 0 Å². The van der Waals surface area contributed by atoms with Gasteiger partial charge in [0.05, 0.1) is 0 Å². The largest absolute Gasteiger partial charge is 0.449 e. The number of carbonyl (C=O) groups excluding carboxylic acids is 2. The first-order valence-corrected chi connectivity index (χ1v) is 4.31. The van der Waals surface area contributed by atoms with Gasteiger partial charge in [-0.3, -0.25) is 4.79 Å². The van der Waals surface area contributed by atoms with Gasteiger partial charge >= 0.3 is 6.47 Å². The molecule has 1 radical (unpaired) electrons. The molecule has 4 heteroatoms. The van der Waals surface area contributed by atoms with E-state index in [1.165, 1.54) is 6.47 Å². The molecule has 0 aliphatic heterocycles. The van der Waals surface area contributed by atoms with Crippen LogP contribution in [0.4, 0.5) is 0 Å². The van der Waals surface area contributed by atoms with Gasteiger partial charge < -0.3 is 4.74 Å². The van der Waals surface area contributed by atoms with Crippen LogP contribution in [0, 0.1) is 0 Å². The normalized spacial score (nSPS) is 9.31. The van der Waals surface area contributed by atoms with Gasteiger partial charge in [-0.25, -0.2) is 4.79 Å². The predicted molar refractivity (Wildman–Crippen MR) is 50.1 cm³/mol. The number of halogens is 1. The van der Waals surface area contributed by atoms with Crippen molar-refractivity contribution in [2.24, 2.45) is 0 Å². The maximum Gasteiger partial charge on any atom is 0.417 e. The Morgan fingerprint density at radius 3 is 2.77 bits per heavy atom. The Hall–Kier alpha value is -1.16. The minimum atomic E-state index is -0.272. The van der Waals surface area contributed by atoms with Crippen LogP contribution in [0.3, 0.4) is 0 Å². The molecule has 0 aliphatic carbocycles. The standard InChI is InChI=1S/C9H6BrO3/c10-8-4-2-1-3-7(8)9(12)5-13-6-11/h1-4H,5H2. The average molecular weight is 242 g/mol. The van der Waals surface area contributed by atoms with Crippen LogP contribution in [0.1, 0.15) is 10.4 Å². The van der Waals surface area contributed by atoms with Crippen LogP contribution in [-0.2, 0) is 9.53 Å². The van der Waals surface area contributed by atoms with E-state index in [0.29, 0.717) is 10.0 Å². The second kappa shape index (κ2) is 4.77. The van der Waals surface area contributed by atoms with Gasteiger partial charge in [0, 0.05) is 10.0 Å². The monoisotopic (exact) mass is 241 g/mol. The number of benzene rings is 1. The summed E-state index contributed by atoms with van der Waals surface area (Å²) in [6.45, 7) is 0.930. The van der Waals surface area contributed by atoms with E-state index in [2.05, 4.69) is 20.7 Å². The molecule has 1 aromatic carbocycles. The topological polar surface area (TPSA) is 43.4 Å². The molecule has 67 valence electrons. The molecule has 3 nitrogen and oxygen atoms in total. The van der Waals surface area contributed by atoms with Crippen molar-refractivity contribution >= 4 is 28.2 Å². The fourth-order valence-corrected chi connectivity index (χ4v) is 1.37. The molecule has 1 rings (SSSR count). The van der Waals surface area contributed by atoms with Crippen molar-refractivity contribution in [2.75, 3.05) is 6.61 Å². The maximum atomic E-state index is 11.3. The summed E-state index contributed by atoms with van der Waals surface area (Å²) in [4.78, 5) is 21.0. The van der Waals surface area contributed by atoms with Crippen LogP contribution in [0.15, 0.2) is 28.7 Å². The minimum Gasteiger partial charge on any atom is -0.449 e. The lowest BCUT2D eigenvalue weighted by molar-refractivity contribution is 0.0908. The van der Waals surface area contributed by atoms with Gasteiger partial charge in [0.15, 0.2) is 6.61 Å². The highest BCUT2D eigenvalue weighted by atomic mass is 79.9. The lowest BCUT2D eigenvalue weighted by Crippen LogP contribution is -2.08. The number of Topliss-reactive ketones (excluding diaryl/α,β-unsaturated/α-hetero) is 1. The van der Waals surface area contributed by atoms with Crippen LogP contribution >= 0.6 is 15.9 Å². The number of carbonyl (C=O) groups is 1. The first-order valence-electron chi connectivity index (χ1n) is 3.52. The van der Waals surface area contributed by atoms with Gasteiger partial charge in [0.1, 0.15) is 0 Å². The van der Waals surface area contributed by atoms with Crippen molar-refractivity contribution in [3.63, 3.8) is 0 Å². The summed E-state index contributed by atoms with van der Waals surface area (Å²) in [5.41, 5.74) is 0.498. The lowest BCUT2D eigenvalue weighted by Gasteiger charge is -2.00. The SMILES string of the molecule is O=[C]OCC(=O)c1ccccc1Br. The summed E-state index contributed by atoms with van der Waals surface area (Å²) in [6, 6.07) is 6.94. The zero-order valence-electron chi connectivity index (χ0n) is 6.62. The molecular formula is C9H6BrO3. The molecule has 0 N–H and O–H groups in total. The molecule has 0 heterocycles.